The highest BCUT2D eigenvalue weighted by atomic mass is 15.4. The summed E-state index contributed by atoms with van der Waals surface area (Å²) in [5.41, 5.74) is 0. The van der Waals surface area contributed by atoms with Gasteiger partial charge in [-0.3, -0.25) is 4.90 Å². The van der Waals surface area contributed by atoms with Gasteiger partial charge in [0.2, 0.25) is 5.95 Å². The number of likely N-dealkylation sites (N-methyl/N-ethyl adjacent to an activating group) is 1. The molecule has 2 aliphatic heterocycles. The second-order valence-corrected chi connectivity index (χ2v) is 4.95. The molecular weight excluding hydrogens is 214 g/mol. The number of hydrogen-bond donors (Lipinski definition) is 0. The Morgan fingerprint density at radius 3 is 2.35 bits per heavy atom. The van der Waals surface area contributed by atoms with Crippen molar-refractivity contribution in [1.29, 1.82) is 0 Å². The first-order chi connectivity index (χ1) is 8.33. The van der Waals surface area contributed by atoms with E-state index in [2.05, 4.69) is 31.7 Å². The van der Waals surface area contributed by atoms with Gasteiger partial charge < -0.3 is 9.80 Å². The molecule has 0 bridgehead atoms. The molecule has 0 unspecified atom stereocenters. The van der Waals surface area contributed by atoms with Crippen LogP contribution in [-0.2, 0) is 0 Å². The molecule has 1 aromatic heterocycles. The molecule has 0 radical (unpaired) electrons. The van der Waals surface area contributed by atoms with Crippen molar-refractivity contribution < 1.29 is 0 Å². The molecule has 3 rings (SSSR count). The minimum absolute atomic E-state index is 0.701. The minimum Gasteiger partial charge on any atom is -0.338 e. The molecule has 3 heterocycles. The zero-order valence-electron chi connectivity index (χ0n) is 10.3. The van der Waals surface area contributed by atoms with Crippen LogP contribution in [-0.4, -0.2) is 72.1 Å². The van der Waals surface area contributed by atoms with Gasteiger partial charge in [-0.2, -0.15) is 0 Å². The lowest BCUT2D eigenvalue weighted by Crippen LogP contribution is -2.63. The molecule has 0 amide bonds. The maximum atomic E-state index is 4.28. The number of rotatable bonds is 2. The van der Waals surface area contributed by atoms with E-state index in [1.807, 2.05) is 18.5 Å². The van der Waals surface area contributed by atoms with E-state index >= 15 is 0 Å². The van der Waals surface area contributed by atoms with Crippen molar-refractivity contribution in [2.75, 3.05) is 51.2 Å². The van der Waals surface area contributed by atoms with Crippen LogP contribution in [0.25, 0.3) is 0 Å². The van der Waals surface area contributed by atoms with Gasteiger partial charge in [0.25, 0.3) is 0 Å². The maximum Gasteiger partial charge on any atom is 0.225 e. The van der Waals surface area contributed by atoms with Crippen LogP contribution in [0.3, 0.4) is 0 Å². The summed E-state index contributed by atoms with van der Waals surface area (Å²) >= 11 is 0. The van der Waals surface area contributed by atoms with Crippen LogP contribution in [0.2, 0.25) is 0 Å². The first kappa shape index (κ1) is 10.9. The topological polar surface area (TPSA) is 35.5 Å². The third-order valence-corrected chi connectivity index (χ3v) is 3.75. The highest BCUT2D eigenvalue weighted by Crippen LogP contribution is 2.20. The number of nitrogens with zero attached hydrogens (tertiary/aromatic N) is 5. The standard InChI is InChI=1S/C12H19N5/c1-15-5-7-16(8-6-15)11-9-17(10-11)12-13-3-2-4-14-12/h2-4,11H,5-10H2,1H3. The predicted molar refractivity (Wildman–Crippen MR) is 67.1 cm³/mol. The third-order valence-electron chi connectivity index (χ3n) is 3.75. The Balaban J connectivity index is 1.52. The fourth-order valence-corrected chi connectivity index (χ4v) is 2.49. The Morgan fingerprint density at radius 2 is 1.71 bits per heavy atom. The first-order valence-corrected chi connectivity index (χ1v) is 6.27. The molecule has 0 saturated carbocycles. The molecule has 2 fully saturated rings. The van der Waals surface area contributed by atoms with Crippen LogP contribution in [0.4, 0.5) is 5.95 Å². The quantitative estimate of drug-likeness (QED) is 0.713. The third kappa shape index (κ3) is 2.25. The van der Waals surface area contributed by atoms with Gasteiger partial charge in [-0.25, -0.2) is 9.97 Å². The van der Waals surface area contributed by atoms with E-state index < -0.39 is 0 Å². The predicted octanol–water partition coefficient (Wildman–Crippen LogP) is -0.0874. The average molecular weight is 233 g/mol. The highest BCUT2D eigenvalue weighted by molar-refractivity contribution is 5.34. The SMILES string of the molecule is CN1CCN(C2CN(c3ncccn3)C2)CC1. The molecule has 0 N–H and O–H groups in total. The van der Waals surface area contributed by atoms with Gasteiger partial charge in [-0.15, -0.1) is 0 Å². The lowest BCUT2D eigenvalue weighted by molar-refractivity contribution is 0.0957. The van der Waals surface area contributed by atoms with Crippen LogP contribution in [0.15, 0.2) is 18.5 Å². The Bertz CT molecular complexity index is 354. The molecule has 0 atom stereocenters. The zero-order valence-corrected chi connectivity index (χ0v) is 10.3. The summed E-state index contributed by atoms with van der Waals surface area (Å²) in [7, 11) is 2.20. The van der Waals surface area contributed by atoms with Crippen molar-refractivity contribution in [3.63, 3.8) is 0 Å². The van der Waals surface area contributed by atoms with Gasteiger partial charge in [0, 0.05) is 57.7 Å². The highest BCUT2D eigenvalue weighted by Gasteiger charge is 2.34. The molecule has 0 aromatic carbocycles. The Labute approximate surface area is 102 Å². The minimum atomic E-state index is 0.701. The maximum absolute atomic E-state index is 4.28. The molecule has 0 spiro atoms. The zero-order chi connectivity index (χ0) is 11.7. The number of aromatic nitrogens is 2. The Kier molecular flexibility index (Phi) is 2.94. The van der Waals surface area contributed by atoms with Gasteiger partial charge in [0.15, 0.2) is 0 Å². The largest absolute Gasteiger partial charge is 0.338 e. The molecule has 5 nitrogen and oxygen atoms in total. The van der Waals surface area contributed by atoms with E-state index in [0.29, 0.717) is 6.04 Å². The first-order valence-electron chi connectivity index (χ1n) is 6.27. The fourth-order valence-electron chi connectivity index (χ4n) is 2.49. The summed E-state index contributed by atoms with van der Waals surface area (Å²) < 4.78 is 0. The van der Waals surface area contributed by atoms with Crippen LogP contribution < -0.4 is 4.90 Å². The van der Waals surface area contributed by atoms with Crippen LogP contribution in [0.1, 0.15) is 0 Å². The normalized spacial score (nSPS) is 23.7. The molecular formula is C12H19N5. The second kappa shape index (κ2) is 4.58. The van der Waals surface area contributed by atoms with Crippen molar-refractivity contribution in [2.24, 2.45) is 0 Å². The summed E-state index contributed by atoms with van der Waals surface area (Å²) in [6.07, 6.45) is 3.62. The number of hydrogen-bond acceptors (Lipinski definition) is 5. The van der Waals surface area contributed by atoms with E-state index in [9.17, 15) is 0 Å². The lowest BCUT2D eigenvalue weighted by atomic mass is 10.1. The van der Waals surface area contributed by atoms with Gasteiger partial charge in [-0.05, 0) is 13.1 Å². The fraction of sp³-hybridized carbons (Fsp3) is 0.667. The molecule has 1 aromatic rings. The monoisotopic (exact) mass is 233 g/mol. The Hall–Kier alpha value is -1.20. The molecule has 5 heteroatoms. The molecule has 92 valence electrons. The number of piperazine rings is 1. The summed E-state index contributed by atoms with van der Waals surface area (Å²) in [5, 5.41) is 0. The van der Waals surface area contributed by atoms with Gasteiger partial charge >= 0.3 is 0 Å². The van der Waals surface area contributed by atoms with E-state index in [-0.39, 0.29) is 0 Å². The average Bonchev–Trinajstić information content (AvgIpc) is 2.31. The Morgan fingerprint density at radius 1 is 1.06 bits per heavy atom. The molecule has 17 heavy (non-hydrogen) atoms. The smallest absolute Gasteiger partial charge is 0.225 e. The van der Waals surface area contributed by atoms with Crippen LogP contribution >= 0.6 is 0 Å². The van der Waals surface area contributed by atoms with Gasteiger partial charge in [0.1, 0.15) is 0 Å². The summed E-state index contributed by atoms with van der Waals surface area (Å²) in [6, 6.07) is 2.56. The van der Waals surface area contributed by atoms with Gasteiger partial charge in [-0.1, -0.05) is 0 Å². The van der Waals surface area contributed by atoms with Crippen molar-refractivity contribution in [3.8, 4) is 0 Å². The van der Waals surface area contributed by atoms with E-state index in [4.69, 9.17) is 0 Å². The molecule has 0 aliphatic carbocycles. The van der Waals surface area contributed by atoms with Crippen LogP contribution in [0, 0.1) is 0 Å². The van der Waals surface area contributed by atoms with E-state index in [1.54, 1.807) is 0 Å². The van der Waals surface area contributed by atoms with E-state index in [1.165, 1.54) is 26.2 Å². The molecule has 2 saturated heterocycles. The summed E-state index contributed by atoms with van der Waals surface area (Å²) in [5.74, 6) is 0.873. The van der Waals surface area contributed by atoms with E-state index in [0.717, 1.165) is 19.0 Å². The van der Waals surface area contributed by atoms with Crippen molar-refractivity contribution in [1.82, 2.24) is 19.8 Å². The van der Waals surface area contributed by atoms with Crippen LogP contribution in [0.5, 0.6) is 0 Å². The van der Waals surface area contributed by atoms with Crippen molar-refractivity contribution in [2.45, 2.75) is 6.04 Å². The number of anilines is 1. The summed E-state index contributed by atoms with van der Waals surface area (Å²) in [6.45, 7) is 6.94. The van der Waals surface area contributed by atoms with Gasteiger partial charge in [0.05, 0.1) is 0 Å². The lowest BCUT2D eigenvalue weighted by Gasteiger charge is -2.47. The molecule has 2 aliphatic rings. The van der Waals surface area contributed by atoms with Crippen molar-refractivity contribution >= 4 is 5.95 Å². The van der Waals surface area contributed by atoms with Crippen molar-refractivity contribution in [3.05, 3.63) is 18.5 Å². The second-order valence-electron chi connectivity index (χ2n) is 4.95. The summed E-state index contributed by atoms with van der Waals surface area (Å²) in [4.78, 5) is 15.8.